The van der Waals surface area contributed by atoms with E-state index < -0.39 is 5.97 Å². The highest BCUT2D eigenvalue weighted by Gasteiger charge is 2.39. The normalized spacial score (nSPS) is 24.8. The molecule has 0 saturated carbocycles. The summed E-state index contributed by atoms with van der Waals surface area (Å²) in [5, 5.41) is 10.5. The fourth-order valence-electron chi connectivity index (χ4n) is 4.02. The molecule has 1 aromatic heterocycles. The zero-order valence-corrected chi connectivity index (χ0v) is 14.9. The second kappa shape index (κ2) is 7.33. The highest BCUT2D eigenvalue weighted by Crippen LogP contribution is 2.34. The van der Waals surface area contributed by atoms with Gasteiger partial charge in [0.15, 0.2) is 0 Å². The minimum Gasteiger partial charge on any atom is -0.481 e. The molecule has 8 heteroatoms. The van der Waals surface area contributed by atoms with Crippen LogP contribution in [0.2, 0.25) is 0 Å². The van der Waals surface area contributed by atoms with E-state index in [-0.39, 0.29) is 17.8 Å². The lowest BCUT2D eigenvalue weighted by Crippen LogP contribution is -2.50. The number of carboxylic acid groups (broad SMARTS) is 1. The molecule has 1 unspecified atom stereocenters. The van der Waals surface area contributed by atoms with Crippen LogP contribution in [0, 0.1) is 0 Å². The van der Waals surface area contributed by atoms with Gasteiger partial charge in [-0.25, -0.2) is 14.2 Å². The highest BCUT2D eigenvalue weighted by atomic mass is 16.4. The topological polar surface area (TPSA) is 107 Å². The first-order valence-corrected chi connectivity index (χ1v) is 8.79. The summed E-state index contributed by atoms with van der Waals surface area (Å²) in [5.41, 5.74) is 0.932. The van der Waals surface area contributed by atoms with Crippen molar-refractivity contribution < 1.29 is 14.7 Å². The Labute approximate surface area is 150 Å². The number of carbonyl (C=O) groups excluding carboxylic acids is 1. The molecule has 3 N–H and O–H groups in total. The predicted octanol–water partition coefficient (Wildman–Crippen LogP) is 1.60. The number of aliphatic carboxylic acids is 1. The molecule has 140 valence electrons. The fraction of sp³-hybridized carbons (Fsp3) is 0.500. The standard InChI is InChI=1S/C16H20N4O2.C2H4O2/c1-19-11-6-7-12(19)9-10(8-11)17-15(21)20-14-5-3-2-4-13(14)18-16(20)22;1-2(3)4/h2-5,10-12H,6-9H2,1H3,(H,17,21)(H,18,22);1H3,(H,3,4)/t10?,11-,12+;. The second-order valence-electron chi connectivity index (χ2n) is 6.97. The van der Waals surface area contributed by atoms with Gasteiger partial charge in [-0.05, 0) is 44.9 Å². The van der Waals surface area contributed by atoms with E-state index in [1.54, 1.807) is 12.1 Å². The van der Waals surface area contributed by atoms with Crippen LogP contribution in [0.25, 0.3) is 11.0 Å². The molecule has 2 aromatic rings. The number of aromatic nitrogens is 2. The van der Waals surface area contributed by atoms with Crippen LogP contribution in [0.15, 0.2) is 29.1 Å². The van der Waals surface area contributed by atoms with E-state index in [2.05, 4.69) is 22.2 Å². The van der Waals surface area contributed by atoms with Gasteiger partial charge in [-0.3, -0.25) is 4.79 Å². The number of H-pyrrole nitrogens is 1. The molecule has 2 aliphatic rings. The number of nitrogens with one attached hydrogen (secondary N) is 2. The van der Waals surface area contributed by atoms with Crippen LogP contribution in [0.5, 0.6) is 0 Å². The van der Waals surface area contributed by atoms with Crippen molar-refractivity contribution in [3.63, 3.8) is 0 Å². The van der Waals surface area contributed by atoms with Gasteiger partial charge in [0.2, 0.25) is 0 Å². The first-order chi connectivity index (χ1) is 12.4. The number of benzene rings is 1. The number of para-hydroxylation sites is 2. The number of imidazole rings is 1. The van der Waals surface area contributed by atoms with E-state index in [1.807, 2.05) is 12.1 Å². The number of aromatic amines is 1. The number of rotatable bonds is 1. The monoisotopic (exact) mass is 360 g/mol. The first-order valence-electron chi connectivity index (χ1n) is 8.79. The highest BCUT2D eigenvalue weighted by molar-refractivity contribution is 5.89. The lowest BCUT2D eigenvalue weighted by atomic mass is 9.98. The Morgan fingerprint density at radius 1 is 1.19 bits per heavy atom. The van der Waals surface area contributed by atoms with Crippen molar-refractivity contribution in [2.45, 2.75) is 50.7 Å². The molecule has 3 heterocycles. The summed E-state index contributed by atoms with van der Waals surface area (Å²) in [6, 6.07) is 8.21. The van der Waals surface area contributed by atoms with Crippen LogP contribution in [0.3, 0.4) is 0 Å². The lowest BCUT2D eigenvalue weighted by molar-refractivity contribution is -0.134. The van der Waals surface area contributed by atoms with E-state index in [9.17, 15) is 9.59 Å². The van der Waals surface area contributed by atoms with Crippen LogP contribution < -0.4 is 11.0 Å². The molecule has 2 saturated heterocycles. The molecule has 0 spiro atoms. The summed E-state index contributed by atoms with van der Waals surface area (Å²) >= 11 is 0. The van der Waals surface area contributed by atoms with Crippen molar-refractivity contribution in [1.82, 2.24) is 19.8 Å². The first kappa shape index (κ1) is 18.2. The zero-order chi connectivity index (χ0) is 18.8. The van der Waals surface area contributed by atoms with E-state index in [4.69, 9.17) is 9.90 Å². The number of hydrogen-bond donors (Lipinski definition) is 3. The predicted molar refractivity (Wildman–Crippen MR) is 97.4 cm³/mol. The molecule has 1 aromatic carbocycles. The summed E-state index contributed by atoms with van der Waals surface area (Å²) in [5.74, 6) is -0.833. The Kier molecular flexibility index (Phi) is 5.13. The van der Waals surface area contributed by atoms with Gasteiger partial charge < -0.3 is 20.3 Å². The average Bonchev–Trinajstić information content (AvgIpc) is 2.97. The molecule has 4 rings (SSSR count). The zero-order valence-electron chi connectivity index (χ0n) is 14.9. The Morgan fingerprint density at radius 3 is 2.38 bits per heavy atom. The van der Waals surface area contributed by atoms with Gasteiger partial charge in [0.25, 0.3) is 5.97 Å². The molecule has 2 aliphatic heterocycles. The summed E-state index contributed by atoms with van der Waals surface area (Å²) in [6.07, 6.45) is 4.35. The molecule has 2 bridgehead atoms. The molecule has 8 nitrogen and oxygen atoms in total. The van der Waals surface area contributed by atoms with E-state index in [0.29, 0.717) is 23.1 Å². The van der Waals surface area contributed by atoms with Gasteiger partial charge in [0.1, 0.15) is 0 Å². The summed E-state index contributed by atoms with van der Waals surface area (Å²) < 4.78 is 1.20. The number of carboxylic acids is 1. The Bertz CT molecular complexity index is 853. The molecule has 0 radical (unpaired) electrons. The number of fused-ring (bicyclic) bond motifs is 3. The third kappa shape index (κ3) is 3.65. The second-order valence-corrected chi connectivity index (χ2v) is 6.97. The van der Waals surface area contributed by atoms with E-state index >= 15 is 0 Å². The van der Waals surface area contributed by atoms with Crippen molar-refractivity contribution in [2.24, 2.45) is 0 Å². The summed E-state index contributed by atoms with van der Waals surface area (Å²) in [4.78, 5) is 38.7. The molecular weight excluding hydrogens is 336 g/mol. The van der Waals surface area contributed by atoms with Gasteiger partial charge >= 0.3 is 11.7 Å². The Balaban J connectivity index is 0.000000447. The van der Waals surface area contributed by atoms with E-state index in [0.717, 1.165) is 19.8 Å². The van der Waals surface area contributed by atoms with E-state index in [1.165, 1.54) is 17.4 Å². The number of piperidine rings is 1. The largest absolute Gasteiger partial charge is 0.481 e. The maximum absolute atomic E-state index is 12.5. The van der Waals surface area contributed by atoms with Crippen molar-refractivity contribution >= 4 is 23.0 Å². The smallest absolute Gasteiger partial charge is 0.334 e. The minimum atomic E-state index is -0.833. The van der Waals surface area contributed by atoms with Crippen LogP contribution in [-0.4, -0.2) is 56.7 Å². The van der Waals surface area contributed by atoms with Crippen molar-refractivity contribution in [3.8, 4) is 0 Å². The van der Waals surface area contributed by atoms with Gasteiger partial charge in [-0.15, -0.1) is 0 Å². The minimum absolute atomic E-state index is 0.154. The number of carbonyl (C=O) groups is 2. The Hall–Kier alpha value is -2.61. The number of amides is 1. The maximum Gasteiger partial charge on any atom is 0.334 e. The molecular formula is C18H24N4O4. The van der Waals surface area contributed by atoms with Crippen molar-refractivity contribution in [1.29, 1.82) is 0 Å². The molecule has 1 amide bonds. The number of hydrogen-bond acceptors (Lipinski definition) is 4. The summed E-state index contributed by atoms with van der Waals surface area (Å²) in [7, 11) is 2.17. The van der Waals surface area contributed by atoms with Crippen LogP contribution in [-0.2, 0) is 4.79 Å². The fourth-order valence-corrected chi connectivity index (χ4v) is 4.02. The quantitative estimate of drug-likeness (QED) is 0.716. The number of nitrogens with zero attached hydrogens (tertiary/aromatic N) is 2. The van der Waals surface area contributed by atoms with Crippen molar-refractivity contribution in [3.05, 3.63) is 34.7 Å². The van der Waals surface area contributed by atoms with Crippen LogP contribution in [0.4, 0.5) is 4.79 Å². The summed E-state index contributed by atoms with van der Waals surface area (Å²) in [6.45, 7) is 1.08. The molecule has 2 fully saturated rings. The van der Waals surface area contributed by atoms with Crippen LogP contribution >= 0.6 is 0 Å². The van der Waals surface area contributed by atoms with Crippen LogP contribution in [0.1, 0.15) is 32.6 Å². The molecule has 3 atom stereocenters. The van der Waals surface area contributed by atoms with Crippen molar-refractivity contribution in [2.75, 3.05) is 7.05 Å². The molecule has 0 aliphatic carbocycles. The SMILES string of the molecule is CC(=O)O.CN1[C@@H]2CC[C@H]1CC(NC(=O)n1c(=O)[nH]c3ccccc31)C2. The third-order valence-electron chi connectivity index (χ3n) is 5.22. The lowest BCUT2D eigenvalue weighted by Gasteiger charge is -2.36. The Morgan fingerprint density at radius 2 is 1.77 bits per heavy atom. The van der Waals surface area contributed by atoms with Gasteiger partial charge in [-0.2, -0.15) is 0 Å². The molecule has 26 heavy (non-hydrogen) atoms. The van der Waals surface area contributed by atoms with Gasteiger partial charge in [-0.1, -0.05) is 12.1 Å². The maximum atomic E-state index is 12.5. The van der Waals surface area contributed by atoms with Gasteiger partial charge in [0, 0.05) is 25.0 Å². The third-order valence-corrected chi connectivity index (χ3v) is 5.22. The average molecular weight is 360 g/mol. The van der Waals surface area contributed by atoms with Gasteiger partial charge in [0.05, 0.1) is 11.0 Å².